The summed E-state index contributed by atoms with van der Waals surface area (Å²) in [6.45, 7) is 1.95. The van der Waals surface area contributed by atoms with E-state index in [2.05, 4.69) is 4.98 Å². The van der Waals surface area contributed by atoms with Crippen LogP contribution in [0.25, 0.3) is 22.1 Å². The molecule has 0 aliphatic rings. The molecule has 9 nitrogen and oxygen atoms in total. The molecule has 0 fully saturated rings. The fourth-order valence-corrected chi connectivity index (χ4v) is 3.43. The first-order valence-corrected chi connectivity index (χ1v) is 9.14. The molecule has 0 unspecified atom stereocenters. The lowest BCUT2D eigenvalue weighted by Crippen LogP contribution is -2.37. The average Bonchev–Trinajstić information content (AvgIpc) is 3.26. The van der Waals surface area contributed by atoms with Crippen LogP contribution in [0.2, 0.25) is 5.02 Å². The summed E-state index contributed by atoms with van der Waals surface area (Å²) >= 11 is 6.00. The summed E-state index contributed by atoms with van der Waals surface area (Å²) < 4.78 is 14.8. The van der Waals surface area contributed by atoms with Crippen LogP contribution in [-0.4, -0.2) is 31.3 Å². The van der Waals surface area contributed by atoms with E-state index in [1.165, 1.54) is 25.0 Å². The predicted octanol–water partition coefficient (Wildman–Crippen LogP) is 2.00. The molecule has 29 heavy (non-hydrogen) atoms. The van der Waals surface area contributed by atoms with Gasteiger partial charge in [-0.3, -0.25) is 13.9 Å². The Bertz CT molecular complexity index is 1390. The van der Waals surface area contributed by atoms with Gasteiger partial charge in [-0.15, -0.1) is 0 Å². The molecule has 0 radical (unpaired) electrons. The number of esters is 1. The Hall–Kier alpha value is -3.33. The summed E-state index contributed by atoms with van der Waals surface area (Å²) in [5.41, 5.74) is 0.805. The van der Waals surface area contributed by atoms with Crippen LogP contribution in [0, 0.1) is 6.92 Å². The third-order valence-corrected chi connectivity index (χ3v) is 5.10. The van der Waals surface area contributed by atoms with E-state index in [9.17, 15) is 14.4 Å². The lowest BCUT2D eigenvalue weighted by molar-refractivity contribution is 0.0457. The van der Waals surface area contributed by atoms with Gasteiger partial charge >= 0.3 is 11.7 Å². The maximum Gasteiger partial charge on any atom is 0.374 e. The minimum atomic E-state index is -0.612. The van der Waals surface area contributed by atoms with E-state index in [0.717, 1.165) is 9.95 Å². The summed E-state index contributed by atoms with van der Waals surface area (Å²) in [5, 5.41) is 1.29. The number of carbonyl (C=O) groups excluding carboxylic acids is 1. The molecule has 0 aliphatic heterocycles. The monoisotopic (exact) mass is 416 g/mol. The maximum atomic E-state index is 12.4. The second kappa shape index (κ2) is 6.93. The number of hydrogen-bond donors (Lipinski definition) is 0. The molecule has 0 bridgehead atoms. The molecule has 0 N–H and O–H groups in total. The standard InChI is InChI=1S/C19H17ClN4O5/c1-10-12-8-11(20)4-5-13(12)29-15(10)18(26)28-7-6-24-9-21-16-14(24)17(25)23(3)19(27)22(16)2/h4-5,8-9H,6-7H2,1-3H3. The Kier molecular flexibility index (Phi) is 4.54. The van der Waals surface area contributed by atoms with Crippen LogP contribution in [-0.2, 0) is 25.4 Å². The normalized spacial score (nSPS) is 11.4. The fourth-order valence-electron chi connectivity index (χ4n) is 3.26. The van der Waals surface area contributed by atoms with Crippen molar-refractivity contribution in [3.05, 3.63) is 61.7 Å². The smallest absolute Gasteiger partial charge is 0.374 e. The van der Waals surface area contributed by atoms with Crippen LogP contribution < -0.4 is 11.2 Å². The van der Waals surface area contributed by atoms with Crippen molar-refractivity contribution in [1.29, 1.82) is 0 Å². The summed E-state index contributed by atoms with van der Waals surface area (Å²) in [5.74, 6) is -0.504. The molecule has 0 saturated heterocycles. The summed E-state index contributed by atoms with van der Waals surface area (Å²) in [4.78, 5) is 41.0. The first kappa shape index (κ1) is 19.0. The molecule has 3 heterocycles. The molecular weight excluding hydrogens is 400 g/mol. The molecule has 0 spiro atoms. The maximum absolute atomic E-state index is 12.4. The van der Waals surface area contributed by atoms with Gasteiger partial charge in [0, 0.05) is 30.1 Å². The van der Waals surface area contributed by atoms with Gasteiger partial charge in [-0.25, -0.2) is 14.6 Å². The molecule has 4 rings (SSSR count). The van der Waals surface area contributed by atoms with Crippen LogP contribution in [0.4, 0.5) is 0 Å². The van der Waals surface area contributed by atoms with Crippen LogP contribution in [0.15, 0.2) is 38.5 Å². The van der Waals surface area contributed by atoms with E-state index >= 15 is 0 Å². The highest BCUT2D eigenvalue weighted by atomic mass is 35.5. The van der Waals surface area contributed by atoms with Crippen molar-refractivity contribution in [2.45, 2.75) is 13.5 Å². The number of aromatic nitrogens is 4. The first-order valence-electron chi connectivity index (χ1n) is 8.76. The van der Waals surface area contributed by atoms with E-state index in [4.69, 9.17) is 20.8 Å². The molecule has 150 valence electrons. The number of halogens is 1. The molecular formula is C19H17ClN4O5. The lowest BCUT2D eigenvalue weighted by Gasteiger charge is -2.07. The highest BCUT2D eigenvalue weighted by molar-refractivity contribution is 6.31. The quantitative estimate of drug-likeness (QED) is 0.471. The van der Waals surface area contributed by atoms with Crippen molar-refractivity contribution < 1.29 is 13.9 Å². The highest BCUT2D eigenvalue weighted by Crippen LogP contribution is 2.28. The van der Waals surface area contributed by atoms with E-state index in [1.807, 2.05) is 0 Å². The third-order valence-electron chi connectivity index (χ3n) is 4.87. The van der Waals surface area contributed by atoms with Crippen LogP contribution >= 0.6 is 11.6 Å². The lowest BCUT2D eigenvalue weighted by atomic mass is 10.1. The van der Waals surface area contributed by atoms with Gasteiger partial charge in [0.25, 0.3) is 5.56 Å². The van der Waals surface area contributed by atoms with Crippen molar-refractivity contribution in [1.82, 2.24) is 18.7 Å². The minimum absolute atomic E-state index is 0.00642. The van der Waals surface area contributed by atoms with Gasteiger partial charge < -0.3 is 13.7 Å². The number of furan rings is 1. The molecule has 4 aromatic rings. The Balaban J connectivity index is 1.55. The number of hydrogen-bond acceptors (Lipinski definition) is 6. The zero-order valence-electron chi connectivity index (χ0n) is 15.9. The summed E-state index contributed by atoms with van der Waals surface area (Å²) in [6.07, 6.45) is 1.44. The number of rotatable bonds is 4. The topological polar surface area (TPSA) is 101 Å². The minimum Gasteiger partial charge on any atom is -0.458 e. The largest absolute Gasteiger partial charge is 0.458 e. The van der Waals surface area contributed by atoms with Crippen LogP contribution in [0.1, 0.15) is 16.1 Å². The van der Waals surface area contributed by atoms with Crippen molar-refractivity contribution in [3.63, 3.8) is 0 Å². The van der Waals surface area contributed by atoms with E-state index in [1.54, 1.807) is 29.7 Å². The van der Waals surface area contributed by atoms with Crippen molar-refractivity contribution in [2.24, 2.45) is 14.1 Å². The van der Waals surface area contributed by atoms with Gasteiger partial charge in [-0.05, 0) is 25.1 Å². The van der Waals surface area contributed by atoms with Crippen molar-refractivity contribution in [2.75, 3.05) is 6.61 Å². The van der Waals surface area contributed by atoms with E-state index in [0.29, 0.717) is 16.2 Å². The molecule has 0 aliphatic carbocycles. The van der Waals surface area contributed by atoms with Gasteiger partial charge in [-0.2, -0.15) is 0 Å². The Labute approximate surface area is 168 Å². The summed E-state index contributed by atoms with van der Waals surface area (Å²) in [7, 11) is 2.94. The van der Waals surface area contributed by atoms with Gasteiger partial charge in [0.15, 0.2) is 11.2 Å². The molecule has 10 heteroatoms. The number of benzene rings is 1. The van der Waals surface area contributed by atoms with E-state index < -0.39 is 17.2 Å². The van der Waals surface area contributed by atoms with Crippen molar-refractivity contribution in [3.8, 4) is 0 Å². The van der Waals surface area contributed by atoms with Crippen LogP contribution in [0.3, 0.4) is 0 Å². The number of ether oxygens (including phenoxy) is 1. The SMILES string of the molecule is Cc1c(C(=O)OCCn2cnc3c2c(=O)n(C)c(=O)n3C)oc2ccc(Cl)cc12. The van der Waals surface area contributed by atoms with Crippen LogP contribution in [0.5, 0.6) is 0 Å². The second-order valence-corrected chi connectivity index (χ2v) is 7.08. The van der Waals surface area contributed by atoms with Crippen molar-refractivity contribution >= 4 is 39.7 Å². The number of fused-ring (bicyclic) bond motifs is 2. The number of aryl methyl sites for hydroxylation is 2. The highest BCUT2D eigenvalue weighted by Gasteiger charge is 2.20. The third kappa shape index (κ3) is 3.03. The Morgan fingerprint density at radius 2 is 2.00 bits per heavy atom. The Morgan fingerprint density at radius 3 is 2.76 bits per heavy atom. The second-order valence-electron chi connectivity index (χ2n) is 6.65. The number of carbonyl (C=O) groups is 1. The zero-order valence-corrected chi connectivity index (χ0v) is 16.7. The van der Waals surface area contributed by atoms with E-state index in [-0.39, 0.29) is 30.1 Å². The molecule has 0 atom stereocenters. The van der Waals surface area contributed by atoms with Gasteiger partial charge in [0.1, 0.15) is 12.2 Å². The summed E-state index contributed by atoms with van der Waals surface area (Å²) in [6, 6.07) is 5.10. The molecule has 3 aromatic heterocycles. The Morgan fingerprint density at radius 1 is 1.24 bits per heavy atom. The fraction of sp³-hybridized carbons (Fsp3) is 0.263. The molecule has 1 aromatic carbocycles. The van der Waals surface area contributed by atoms with Gasteiger partial charge in [-0.1, -0.05) is 11.6 Å². The number of nitrogens with zero attached hydrogens (tertiary/aromatic N) is 4. The molecule has 0 saturated carbocycles. The number of imidazole rings is 1. The van der Waals surface area contributed by atoms with Gasteiger partial charge in [0.05, 0.1) is 12.9 Å². The average molecular weight is 417 g/mol. The predicted molar refractivity (Wildman–Crippen MR) is 106 cm³/mol. The molecule has 0 amide bonds. The van der Waals surface area contributed by atoms with Gasteiger partial charge in [0.2, 0.25) is 5.76 Å². The zero-order chi connectivity index (χ0) is 20.9. The first-order chi connectivity index (χ1) is 13.8.